The van der Waals surface area contributed by atoms with Crippen molar-refractivity contribution in [3.8, 4) is 0 Å². The van der Waals surface area contributed by atoms with E-state index in [4.69, 9.17) is 11.5 Å². The molecule has 0 radical (unpaired) electrons. The maximum absolute atomic E-state index is 11.2. The van der Waals surface area contributed by atoms with Crippen LogP contribution in [0.2, 0.25) is 0 Å². The van der Waals surface area contributed by atoms with E-state index in [1.165, 1.54) is 19.0 Å². The molecule has 1 aromatic heterocycles. The zero-order valence-electron chi connectivity index (χ0n) is 9.23. The highest BCUT2D eigenvalue weighted by atomic mass is 16.1. The highest BCUT2D eigenvalue weighted by Crippen LogP contribution is 2.34. The fourth-order valence-electron chi connectivity index (χ4n) is 1.71. The SMILES string of the molecule is CC(Nc1ncc(N)cc1C(N)=O)C1CC1. The van der Waals surface area contributed by atoms with Gasteiger partial charge in [-0.05, 0) is 31.7 Å². The topological polar surface area (TPSA) is 94.0 Å². The molecule has 5 N–H and O–H groups in total. The average Bonchev–Trinajstić information content (AvgIpc) is 3.03. The molecule has 0 bridgehead atoms. The fourth-order valence-corrected chi connectivity index (χ4v) is 1.71. The molecule has 0 aliphatic heterocycles. The molecule has 16 heavy (non-hydrogen) atoms. The van der Waals surface area contributed by atoms with Gasteiger partial charge in [0.15, 0.2) is 0 Å². The Hall–Kier alpha value is -1.78. The molecule has 86 valence electrons. The van der Waals surface area contributed by atoms with Crippen LogP contribution in [-0.4, -0.2) is 16.9 Å². The number of primary amides is 1. The van der Waals surface area contributed by atoms with E-state index in [9.17, 15) is 4.79 Å². The van der Waals surface area contributed by atoms with Crippen LogP contribution >= 0.6 is 0 Å². The van der Waals surface area contributed by atoms with Gasteiger partial charge < -0.3 is 16.8 Å². The maximum Gasteiger partial charge on any atom is 0.252 e. The van der Waals surface area contributed by atoms with Crippen molar-refractivity contribution in [1.82, 2.24) is 4.98 Å². The molecule has 1 unspecified atom stereocenters. The van der Waals surface area contributed by atoms with E-state index < -0.39 is 5.91 Å². The van der Waals surface area contributed by atoms with Gasteiger partial charge in [0.25, 0.3) is 5.91 Å². The standard InChI is InChI=1S/C11H16N4O/c1-6(7-2-3-7)15-11-9(10(13)16)4-8(12)5-14-11/h4-7H,2-3,12H2,1H3,(H2,13,16)(H,14,15). The summed E-state index contributed by atoms with van der Waals surface area (Å²) in [4.78, 5) is 15.3. The van der Waals surface area contributed by atoms with Gasteiger partial charge in [-0.3, -0.25) is 4.79 Å². The van der Waals surface area contributed by atoms with Gasteiger partial charge in [0.1, 0.15) is 5.82 Å². The monoisotopic (exact) mass is 220 g/mol. The molecule has 5 heteroatoms. The summed E-state index contributed by atoms with van der Waals surface area (Å²) in [5, 5.41) is 3.21. The van der Waals surface area contributed by atoms with E-state index in [0.717, 1.165) is 0 Å². The van der Waals surface area contributed by atoms with Crippen molar-refractivity contribution >= 4 is 17.4 Å². The third-order valence-electron chi connectivity index (χ3n) is 2.87. The summed E-state index contributed by atoms with van der Waals surface area (Å²) in [6.07, 6.45) is 3.98. The largest absolute Gasteiger partial charge is 0.397 e. The number of nitrogen functional groups attached to an aromatic ring is 1. The van der Waals surface area contributed by atoms with Crippen molar-refractivity contribution in [2.24, 2.45) is 11.7 Å². The van der Waals surface area contributed by atoms with E-state index in [-0.39, 0.29) is 0 Å². The van der Waals surface area contributed by atoms with Crippen molar-refractivity contribution in [3.05, 3.63) is 17.8 Å². The Morgan fingerprint density at radius 2 is 2.31 bits per heavy atom. The van der Waals surface area contributed by atoms with E-state index in [1.807, 2.05) is 0 Å². The molecule has 0 saturated heterocycles. The predicted molar refractivity (Wildman–Crippen MR) is 63.0 cm³/mol. The molecule has 2 rings (SSSR count). The molecule has 1 aromatic rings. The Morgan fingerprint density at radius 1 is 1.62 bits per heavy atom. The maximum atomic E-state index is 11.2. The Morgan fingerprint density at radius 3 is 2.88 bits per heavy atom. The fraction of sp³-hybridized carbons (Fsp3) is 0.455. The van der Waals surface area contributed by atoms with Gasteiger partial charge >= 0.3 is 0 Å². The van der Waals surface area contributed by atoms with Crippen LogP contribution in [0, 0.1) is 5.92 Å². The van der Waals surface area contributed by atoms with Crippen molar-refractivity contribution in [1.29, 1.82) is 0 Å². The average molecular weight is 220 g/mol. The molecule has 1 aliphatic carbocycles. The third kappa shape index (κ3) is 2.24. The summed E-state index contributed by atoms with van der Waals surface area (Å²) >= 11 is 0. The lowest BCUT2D eigenvalue weighted by atomic mass is 10.2. The first-order chi connectivity index (χ1) is 7.58. The summed E-state index contributed by atoms with van der Waals surface area (Å²) in [7, 11) is 0. The van der Waals surface area contributed by atoms with Crippen LogP contribution in [0.1, 0.15) is 30.1 Å². The predicted octanol–water partition coefficient (Wildman–Crippen LogP) is 0.973. The van der Waals surface area contributed by atoms with Gasteiger partial charge in [0, 0.05) is 6.04 Å². The number of nitrogens with zero attached hydrogens (tertiary/aromatic N) is 1. The van der Waals surface area contributed by atoms with Gasteiger partial charge in [0.05, 0.1) is 17.4 Å². The Kier molecular flexibility index (Phi) is 2.68. The summed E-state index contributed by atoms with van der Waals surface area (Å²) in [6.45, 7) is 2.08. The summed E-state index contributed by atoms with van der Waals surface area (Å²) in [5.74, 6) is 0.700. The van der Waals surface area contributed by atoms with Crippen LogP contribution in [0.5, 0.6) is 0 Å². The first-order valence-electron chi connectivity index (χ1n) is 5.40. The van der Waals surface area contributed by atoms with Crippen LogP contribution in [0.3, 0.4) is 0 Å². The van der Waals surface area contributed by atoms with E-state index in [1.54, 1.807) is 6.07 Å². The second kappa shape index (κ2) is 4.00. The van der Waals surface area contributed by atoms with E-state index in [0.29, 0.717) is 29.0 Å². The number of nitrogens with two attached hydrogens (primary N) is 2. The molecule has 1 fully saturated rings. The Labute approximate surface area is 94.2 Å². The molecule has 1 heterocycles. The molecule has 0 spiro atoms. The van der Waals surface area contributed by atoms with Crippen LogP contribution in [0.15, 0.2) is 12.3 Å². The minimum atomic E-state index is -0.509. The molecule has 5 nitrogen and oxygen atoms in total. The highest BCUT2D eigenvalue weighted by Gasteiger charge is 2.28. The first-order valence-corrected chi connectivity index (χ1v) is 5.40. The lowest BCUT2D eigenvalue weighted by Gasteiger charge is -2.15. The quantitative estimate of drug-likeness (QED) is 0.704. The first kappa shape index (κ1) is 10.7. The lowest BCUT2D eigenvalue weighted by molar-refractivity contribution is 0.100. The lowest BCUT2D eigenvalue weighted by Crippen LogP contribution is -2.22. The Balaban J connectivity index is 2.21. The van der Waals surface area contributed by atoms with Crippen LogP contribution < -0.4 is 16.8 Å². The number of anilines is 2. The summed E-state index contributed by atoms with van der Waals surface area (Å²) in [5.41, 5.74) is 11.6. The second-order valence-electron chi connectivity index (χ2n) is 4.30. The van der Waals surface area contributed by atoms with Crippen molar-refractivity contribution in [3.63, 3.8) is 0 Å². The molecule has 1 saturated carbocycles. The molecule has 1 amide bonds. The van der Waals surface area contributed by atoms with Crippen LogP contribution in [0.25, 0.3) is 0 Å². The van der Waals surface area contributed by atoms with Crippen molar-refractivity contribution < 1.29 is 4.79 Å². The van der Waals surface area contributed by atoms with Gasteiger partial charge in [0.2, 0.25) is 0 Å². The van der Waals surface area contributed by atoms with Crippen LogP contribution in [-0.2, 0) is 0 Å². The number of pyridine rings is 1. The third-order valence-corrected chi connectivity index (χ3v) is 2.87. The number of carbonyl (C=O) groups excluding carboxylic acids is 1. The van der Waals surface area contributed by atoms with E-state index >= 15 is 0 Å². The number of hydrogen-bond acceptors (Lipinski definition) is 4. The summed E-state index contributed by atoms with van der Waals surface area (Å²) < 4.78 is 0. The minimum Gasteiger partial charge on any atom is -0.397 e. The van der Waals surface area contributed by atoms with Gasteiger partial charge in [-0.1, -0.05) is 0 Å². The second-order valence-corrected chi connectivity index (χ2v) is 4.30. The van der Waals surface area contributed by atoms with Crippen LogP contribution in [0.4, 0.5) is 11.5 Å². The van der Waals surface area contributed by atoms with Gasteiger partial charge in [-0.2, -0.15) is 0 Å². The minimum absolute atomic E-state index is 0.314. The molecular formula is C11H16N4O. The highest BCUT2D eigenvalue weighted by molar-refractivity contribution is 5.98. The van der Waals surface area contributed by atoms with Gasteiger partial charge in [-0.25, -0.2) is 4.98 Å². The molecule has 0 aromatic carbocycles. The van der Waals surface area contributed by atoms with Crippen molar-refractivity contribution in [2.45, 2.75) is 25.8 Å². The van der Waals surface area contributed by atoms with E-state index in [2.05, 4.69) is 17.2 Å². The number of rotatable bonds is 4. The smallest absolute Gasteiger partial charge is 0.252 e. The van der Waals surface area contributed by atoms with Gasteiger partial charge in [-0.15, -0.1) is 0 Å². The number of carbonyl (C=O) groups is 1. The Bertz CT molecular complexity index is 414. The molecular weight excluding hydrogens is 204 g/mol. The number of amides is 1. The normalized spacial score (nSPS) is 16.8. The number of hydrogen-bond donors (Lipinski definition) is 3. The zero-order valence-corrected chi connectivity index (χ0v) is 9.23. The zero-order chi connectivity index (χ0) is 11.7. The molecule has 1 aliphatic rings. The summed E-state index contributed by atoms with van der Waals surface area (Å²) in [6, 6.07) is 1.87. The number of aromatic nitrogens is 1. The number of nitrogens with one attached hydrogen (secondary N) is 1. The van der Waals surface area contributed by atoms with Crippen molar-refractivity contribution in [2.75, 3.05) is 11.1 Å². The molecule has 1 atom stereocenters.